The van der Waals surface area contributed by atoms with Gasteiger partial charge in [0, 0.05) is 31.9 Å². The van der Waals surface area contributed by atoms with Gasteiger partial charge < -0.3 is 20.7 Å². The van der Waals surface area contributed by atoms with Crippen LogP contribution in [0.15, 0.2) is 18.2 Å². The van der Waals surface area contributed by atoms with E-state index in [0.29, 0.717) is 30.7 Å². The van der Waals surface area contributed by atoms with Crippen LogP contribution in [0.25, 0.3) is 0 Å². The molecule has 3 rings (SSSR count). The van der Waals surface area contributed by atoms with Gasteiger partial charge in [0.1, 0.15) is 18.5 Å². The number of carbonyl (C=O) groups is 2. The van der Waals surface area contributed by atoms with Crippen LogP contribution in [0.3, 0.4) is 0 Å². The molecule has 0 unspecified atom stereocenters. The van der Waals surface area contributed by atoms with E-state index in [0.717, 1.165) is 13.1 Å². The Hall–Kier alpha value is -2.03. The Bertz CT molecular complexity index is 735. The summed E-state index contributed by atoms with van der Waals surface area (Å²) in [5.41, 5.74) is 6.47. The first kappa shape index (κ1) is 21.7. The van der Waals surface area contributed by atoms with Gasteiger partial charge in [-0.25, -0.2) is 4.39 Å². The summed E-state index contributed by atoms with van der Waals surface area (Å²) in [6.07, 6.45) is 2.37. The molecular weight excluding hydrogens is 375 g/mol. The number of benzene rings is 1. The van der Waals surface area contributed by atoms with E-state index in [-0.39, 0.29) is 30.7 Å². The number of nitrogens with one attached hydrogen (secondary N) is 1. The molecule has 2 amide bonds. The van der Waals surface area contributed by atoms with Crippen molar-refractivity contribution in [2.75, 3.05) is 49.6 Å². The van der Waals surface area contributed by atoms with E-state index in [1.165, 1.54) is 29.9 Å². The van der Waals surface area contributed by atoms with Gasteiger partial charge in [-0.05, 0) is 42.9 Å². The van der Waals surface area contributed by atoms with Crippen molar-refractivity contribution < 1.29 is 18.7 Å². The summed E-state index contributed by atoms with van der Waals surface area (Å²) in [5, 5.41) is 2.69. The van der Waals surface area contributed by atoms with E-state index < -0.39 is 11.9 Å². The number of morpholine rings is 1. The Labute approximate surface area is 171 Å². The molecule has 0 bridgehead atoms. The Kier molecular flexibility index (Phi) is 7.21. The number of anilines is 2. The lowest BCUT2D eigenvalue weighted by Crippen LogP contribution is -2.50. The normalized spacial score (nSPS) is 18.4. The number of halogens is 1. The SMILES string of the molecule is CC(C)CN(CC1CC1)[C@@H](CN)C(=O)Nc1ccc(N2CCOCC2=O)cc1F. The van der Waals surface area contributed by atoms with Crippen LogP contribution < -0.4 is 16.0 Å². The van der Waals surface area contributed by atoms with E-state index in [1.54, 1.807) is 6.07 Å². The van der Waals surface area contributed by atoms with E-state index in [2.05, 4.69) is 24.1 Å². The minimum atomic E-state index is -0.580. The van der Waals surface area contributed by atoms with Crippen molar-refractivity contribution >= 4 is 23.2 Å². The topological polar surface area (TPSA) is 87.9 Å². The molecule has 1 aliphatic heterocycles. The predicted octanol–water partition coefficient (Wildman–Crippen LogP) is 1.82. The summed E-state index contributed by atoms with van der Waals surface area (Å²) in [7, 11) is 0. The summed E-state index contributed by atoms with van der Waals surface area (Å²) in [6, 6.07) is 3.90. The summed E-state index contributed by atoms with van der Waals surface area (Å²) in [6.45, 7) is 6.78. The van der Waals surface area contributed by atoms with Crippen molar-refractivity contribution in [2.24, 2.45) is 17.6 Å². The molecule has 1 aromatic carbocycles. The van der Waals surface area contributed by atoms with Gasteiger partial charge in [-0.3, -0.25) is 14.5 Å². The molecule has 0 aromatic heterocycles. The van der Waals surface area contributed by atoms with Gasteiger partial charge in [0.05, 0.1) is 12.3 Å². The Morgan fingerprint density at radius 2 is 2.17 bits per heavy atom. The predicted molar refractivity (Wildman–Crippen MR) is 110 cm³/mol. The number of ether oxygens (including phenoxy) is 1. The second-order valence-corrected chi connectivity index (χ2v) is 8.29. The van der Waals surface area contributed by atoms with Crippen molar-refractivity contribution in [1.29, 1.82) is 0 Å². The minimum Gasteiger partial charge on any atom is -0.370 e. The molecule has 7 nitrogen and oxygen atoms in total. The lowest BCUT2D eigenvalue weighted by molar-refractivity contribution is -0.125. The highest BCUT2D eigenvalue weighted by Crippen LogP contribution is 2.31. The summed E-state index contributed by atoms with van der Waals surface area (Å²) in [4.78, 5) is 28.4. The van der Waals surface area contributed by atoms with Gasteiger partial charge >= 0.3 is 0 Å². The smallest absolute Gasteiger partial charge is 0.253 e. The highest BCUT2D eigenvalue weighted by molar-refractivity contribution is 5.97. The van der Waals surface area contributed by atoms with Crippen LogP contribution in [0.4, 0.5) is 15.8 Å². The Morgan fingerprint density at radius 1 is 1.41 bits per heavy atom. The van der Waals surface area contributed by atoms with Crippen LogP contribution in [0.2, 0.25) is 0 Å². The van der Waals surface area contributed by atoms with Crippen molar-refractivity contribution in [2.45, 2.75) is 32.7 Å². The molecule has 0 spiro atoms. The van der Waals surface area contributed by atoms with E-state index >= 15 is 0 Å². The summed E-state index contributed by atoms with van der Waals surface area (Å²) in [5.74, 6) is -0.0678. The second kappa shape index (κ2) is 9.65. The lowest BCUT2D eigenvalue weighted by atomic mass is 10.1. The fraction of sp³-hybridized carbons (Fsp3) is 0.619. The van der Waals surface area contributed by atoms with Crippen LogP contribution in [0.1, 0.15) is 26.7 Å². The number of hydrogen-bond donors (Lipinski definition) is 2. The maximum absolute atomic E-state index is 14.7. The van der Waals surface area contributed by atoms with Crippen LogP contribution in [-0.4, -0.2) is 62.1 Å². The molecular formula is C21H31FN4O3. The first-order chi connectivity index (χ1) is 13.9. The maximum Gasteiger partial charge on any atom is 0.253 e. The average Bonchev–Trinajstić information content (AvgIpc) is 3.48. The molecule has 2 aliphatic rings. The second-order valence-electron chi connectivity index (χ2n) is 8.29. The van der Waals surface area contributed by atoms with Crippen LogP contribution in [0.5, 0.6) is 0 Å². The molecule has 1 heterocycles. The van der Waals surface area contributed by atoms with Crippen molar-refractivity contribution in [3.8, 4) is 0 Å². The lowest BCUT2D eigenvalue weighted by Gasteiger charge is -2.31. The molecule has 3 N–H and O–H groups in total. The number of carbonyl (C=O) groups excluding carboxylic acids is 2. The number of nitrogens with two attached hydrogens (primary N) is 1. The van der Waals surface area contributed by atoms with Gasteiger partial charge in [-0.2, -0.15) is 0 Å². The van der Waals surface area contributed by atoms with Crippen molar-refractivity contribution in [3.63, 3.8) is 0 Å². The minimum absolute atomic E-state index is 0.00896. The molecule has 8 heteroatoms. The van der Waals surface area contributed by atoms with E-state index in [4.69, 9.17) is 10.5 Å². The molecule has 1 saturated carbocycles. The molecule has 1 aliphatic carbocycles. The van der Waals surface area contributed by atoms with Crippen LogP contribution in [0, 0.1) is 17.7 Å². The van der Waals surface area contributed by atoms with Crippen molar-refractivity contribution in [3.05, 3.63) is 24.0 Å². The summed E-state index contributed by atoms with van der Waals surface area (Å²) >= 11 is 0. The van der Waals surface area contributed by atoms with Gasteiger partial charge in [-0.15, -0.1) is 0 Å². The third kappa shape index (κ3) is 5.74. The fourth-order valence-electron chi connectivity index (χ4n) is 3.63. The van der Waals surface area contributed by atoms with Gasteiger partial charge in [-0.1, -0.05) is 13.8 Å². The van der Waals surface area contributed by atoms with Crippen LogP contribution >= 0.6 is 0 Å². The number of hydrogen-bond acceptors (Lipinski definition) is 5. The highest BCUT2D eigenvalue weighted by Gasteiger charge is 2.31. The molecule has 0 radical (unpaired) electrons. The Balaban J connectivity index is 1.69. The van der Waals surface area contributed by atoms with E-state index in [9.17, 15) is 14.0 Å². The molecule has 29 heavy (non-hydrogen) atoms. The van der Waals surface area contributed by atoms with Crippen LogP contribution in [-0.2, 0) is 14.3 Å². The first-order valence-corrected chi connectivity index (χ1v) is 10.3. The fourth-order valence-corrected chi connectivity index (χ4v) is 3.63. The Morgan fingerprint density at radius 3 is 2.76 bits per heavy atom. The molecule has 1 atom stereocenters. The number of amides is 2. The van der Waals surface area contributed by atoms with Gasteiger partial charge in [0.15, 0.2) is 0 Å². The van der Waals surface area contributed by atoms with Gasteiger partial charge in [0.2, 0.25) is 5.91 Å². The van der Waals surface area contributed by atoms with Crippen molar-refractivity contribution in [1.82, 2.24) is 4.90 Å². The number of rotatable bonds is 9. The molecule has 2 fully saturated rings. The number of nitrogens with zero attached hydrogens (tertiary/aromatic N) is 2. The highest BCUT2D eigenvalue weighted by atomic mass is 19.1. The standard InChI is InChI=1S/C21H31FN4O3/c1-14(2)11-25(12-15-3-4-15)19(10-23)21(28)24-18-6-5-16(9-17(18)22)26-7-8-29-13-20(26)27/h5-6,9,14-15,19H,3-4,7-8,10-13,23H2,1-2H3,(H,24,28)/t19-/m0/s1. The largest absolute Gasteiger partial charge is 0.370 e. The zero-order chi connectivity index (χ0) is 21.0. The monoisotopic (exact) mass is 406 g/mol. The average molecular weight is 407 g/mol. The quantitative estimate of drug-likeness (QED) is 0.653. The van der Waals surface area contributed by atoms with E-state index in [1.807, 2.05) is 0 Å². The molecule has 160 valence electrons. The zero-order valence-electron chi connectivity index (χ0n) is 17.2. The molecule has 1 aromatic rings. The molecule has 1 saturated heterocycles. The maximum atomic E-state index is 14.7. The summed E-state index contributed by atoms with van der Waals surface area (Å²) < 4.78 is 19.8. The third-order valence-corrected chi connectivity index (χ3v) is 5.26. The van der Waals surface area contributed by atoms with Gasteiger partial charge in [0.25, 0.3) is 5.91 Å². The third-order valence-electron chi connectivity index (χ3n) is 5.26. The first-order valence-electron chi connectivity index (χ1n) is 10.3. The zero-order valence-corrected chi connectivity index (χ0v) is 17.2.